The van der Waals surface area contributed by atoms with Crippen molar-refractivity contribution in [1.82, 2.24) is 10.3 Å². The van der Waals surface area contributed by atoms with Crippen LogP contribution in [0.25, 0.3) is 0 Å². The Labute approximate surface area is 115 Å². The van der Waals surface area contributed by atoms with Crippen LogP contribution in [0.5, 0.6) is 0 Å². The summed E-state index contributed by atoms with van der Waals surface area (Å²) >= 11 is 1.94. The third kappa shape index (κ3) is 3.33. The van der Waals surface area contributed by atoms with Crippen molar-refractivity contribution in [3.63, 3.8) is 0 Å². The first-order chi connectivity index (χ1) is 8.74. The van der Waals surface area contributed by atoms with Crippen molar-refractivity contribution in [3.05, 3.63) is 15.6 Å². The Morgan fingerprint density at radius 2 is 2.17 bits per heavy atom. The summed E-state index contributed by atoms with van der Waals surface area (Å²) in [7, 11) is 0. The Morgan fingerprint density at radius 3 is 2.89 bits per heavy atom. The van der Waals surface area contributed by atoms with E-state index in [0.717, 1.165) is 24.9 Å². The van der Waals surface area contributed by atoms with Crippen LogP contribution in [0.3, 0.4) is 0 Å². The van der Waals surface area contributed by atoms with Gasteiger partial charge in [0.05, 0.1) is 10.7 Å². The lowest BCUT2D eigenvalue weighted by Crippen LogP contribution is -2.13. The van der Waals surface area contributed by atoms with Crippen LogP contribution in [0.2, 0.25) is 0 Å². The van der Waals surface area contributed by atoms with E-state index in [0.29, 0.717) is 0 Å². The quantitative estimate of drug-likeness (QED) is 0.862. The van der Waals surface area contributed by atoms with Crippen LogP contribution in [-0.2, 0) is 6.54 Å². The van der Waals surface area contributed by atoms with E-state index < -0.39 is 0 Å². The van der Waals surface area contributed by atoms with Crippen molar-refractivity contribution < 1.29 is 0 Å². The van der Waals surface area contributed by atoms with E-state index in [2.05, 4.69) is 26.1 Å². The van der Waals surface area contributed by atoms with Crippen molar-refractivity contribution in [2.45, 2.75) is 65.3 Å². The highest BCUT2D eigenvalue weighted by Gasteiger charge is 2.25. The normalized spacial score (nSPS) is 24.4. The average Bonchev–Trinajstić information content (AvgIpc) is 2.78. The van der Waals surface area contributed by atoms with E-state index in [1.807, 2.05) is 11.3 Å². The van der Waals surface area contributed by atoms with Gasteiger partial charge in [-0.05, 0) is 32.2 Å². The molecule has 0 aromatic carbocycles. The standard InChI is InChI=1S/C15H26N2S/c1-4-12-7-6-8-13(9-12)15-17-11(3)14(18-15)10-16-5-2/h12-13,16H,4-10H2,1-3H3. The van der Waals surface area contributed by atoms with Gasteiger partial charge in [-0.2, -0.15) is 0 Å². The van der Waals surface area contributed by atoms with Gasteiger partial charge in [0.25, 0.3) is 0 Å². The molecule has 1 heterocycles. The van der Waals surface area contributed by atoms with Gasteiger partial charge in [0.15, 0.2) is 0 Å². The highest BCUT2D eigenvalue weighted by atomic mass is 32.1. The number of nitrogens with one attached hydrogen (secondary N) is 1. The predicted octanol–water partition coefficient (Wildman–Crippen LogP) is 4.24. The Morgan fingerprint density at radius 1 is 1.33 bits per heavy atom. The summed E-state index contributed by atoms with van der Waals surface area (Å²) in [6, 6.07) is 0. The summed E-state index contributed by atoms with van der Waals surface area (Å²) in [6.45, 7) is 8.67. The second-order valence-electron chi connectivity index (χ2n) is 5.48. The van der Waals surface area contributed by atoms with Gasteiger partial charge in [0, 0.05) is 17.3 Å². The first-order valence-corrected chi connectivity index (χ1v) is 8.23. The molecule has 102 valence electrons. The molecule has 0 radical (unpaired) electrons. The lowest BCUT2D eigenvalue weighted by atomic mass is 9.80. The summed E-state index contributed by atoms with van der Waals surface area (Å²) in [5, 5.41) is 4.81. The summed E-state index contributed by atoms with van der Waals surface area (Å²) in [5.74, 6) is 1.67. The van der Waals surface area contributed by atoms with Crippen LogP contribution >= 0.6 is 11.3 Å². The molecule has 1 fully saturated rings. The third-order valence-electron chi connectivity index (χ3n) is 4.15. The van der Waals surface area contributed by atoms with Gasteiger partial charge in [-0.15, -0.1) is 11.3 Å². The molecule has 3 heteroatoms. The van der Waals surface area contributed by atoms with E-state index in [4.69, 9.17) is 4.98 Å². The molecule has 0 amide bonds. The molecule has 18 heavy (non-hydrogen) atoms. The maximum absolute atomic E-state index is 4.83. The zero-order valence-corrected chi connectivity index (χ0v) is 12.8. The SMILES string of the molecule is CCNCc1sc(C2CCCC(CC)C2)nc1C. The number of aryl methyl sites for hydroxylation is 1. The minimum absolute atomic E-state index is 0.739. The fourth-order valence-electron chi connectivity index (χ4n) is 2.91. The van der Waals surface area contributed by atoms with Crippen LogP contribution in [0.1, 0.15) is 67.4 Å². The monoisotopic (exact) mass is 266 g/mol. The molecule has 1 aromatic heterocycles. The predicted molar refractivity (Wildman–Crippen MR) is 79.2 cm³/mol. The lowest BCUT2D eigenvalue weighted by molar-refractivity contribution is 0.314. The van der Waals surface area contributed by atoms with E-state index in [-0.39, 0.29) is 0 Å². The number of thiazole rings is 1. The molecule has 1 aliphatic rings. The molecule has 2 rings (SSSR count). The van der Waals surface area contributed by atoms with E-state index in [9.17, 15) is 0 Å². The molecule has 1 saturated carbocycles. The minimum atomic E-state index is 0.739. The van der Waals surface area contributed by atoms with Crippen molar-refractivity contribution in [2.75, 3.05) is 6.54 Å². The zero-order chi connectivity index (χ0) is 13.0. The topological polar surface area (TPSA) is 24.9 Å². The molecule has 1 aromatic rings. The fourth-order valence-corrected chi connectivity index (χ4v) is 4.10. The van der Waals surface area contributed by atoms with E-state index in [1.165, 1.54) is 47.7 Å². The largest absolute Gasteiger partial charge is 0.312 e. The molecular formula is C15H26N2S. The number of hydrogen-bond acceptors (Lipinski definition) is 3. The summed E-state index contributed by atoms with van der Waals surface area (Å²) < 4.78 is 0. The van der Waals surface area contributed by atoms with Gasteiger partial charge in [-0.25, -0.2) is 4.98 Å². The third-order valence-corrected chi connectivity index (χ3v) is 5.47. The molecule has 0 aliphatic heterocycles. The molecule has 2 unspecified atom stereocenters. The Hall–Kier alpha value is -0.410. The van der Waals surface area contributed by atoms with Gasteiger partial charge in [0.1, 0.15) is 0 Å². The van der Waals surface area contributed by atoms with Gasteiger partial charge < -0.3 is 5.32 Å². The van der Waals surface area contributed by atoms with Gasteiger partial charge in [0.2, 0.25) is 0 Å². The molecule has 2 atom stereocenters. The van der Waals surface area contributed by atoms with Crippen LogP contribution in [0.15, 0.2) is 0 Å². The highest BCUT2D eigenvalue weighted by molar-refractivity contribution is 7.11. The second-order valence-corrected chi connectivity index (χ2v) is 6.59. The van der Waals surface area contributed by atoms with E-state index in [1.54, 1.807) is 0 Å². The first kappa shape index (κ1) is 14.0. The fraction of sp³-hybridized carbons (Fsp3) is 0.800. The molecule has 1 N–H and O–H groups in total. The number of nitrogens with zero attached hydrogens (tertiary/aromatic N) is 1. The number of aromatic nitrogens is 1. The molecule has 1 aliphatic carbocycles. The molecule has 0 bridgehead atoms. The van der Waals surface area contributed by atoms with Crippen LogP contribution in [0, 0.1) is 12.8 Å². The second kappa shape index (κ2) is 6.67. The lowest BCUT2D eigenvalue weighted by Gasteiger charge is -2.26. The maximum Gasteiger partial charge on any atom is 0.0962 e. The average molecular weight is 266 g/mol. The molecular weight excluding hydrogens is 240 g/mol. The van der Waals surface area contributed by atoms with Crippen molar-refractivity contribution in [1.29, 1.82) is 0 Å². The summed E-state index contributed by atoms with van der Waals surface area (Å²) in [5.41, 5.74) is 1.24. The van der Waals surface area contributed by atoms with E-state index >= 15 is 0 Å². The minimum Gasteiger partial charge on any atom is -0.312 e. The van der Waals surface area contributed by atoms with Crippen molar-refractivity contribution in [3.8, 4) is 0 Å². The Bertz CT molecular complexity index is 373. The Balaban J connectivity index is 2.03. The molecule has 0 saturated heterocycles. The number of rotatable bonds is 5. The maximum atomic E-state index is 4.83. The summed E-state index contributed by atoms with van der Waals surface area (Å²) in [6.07, 6.45) is 6.88. The highest BCUT2D eigenvalue weighted by Crippen LogP contribution is 2.39. The smallest absolute Gasteiger partial charge is 0.0962 e. The zero-order valence-electron chi connectivity index (χ0n) is 12.0. The van der Waals surface area contributed by atoms with Crippen molar-refractivity contribution >= 4 is 11.3 Å². The molecule has 0 spiro atoms. The molecule has 2 nitrogen and oxygen atoms in total. The van der Waals surface area contributed by atoms with Gasteiger partial charge in [-0.3, -0.25) is 0 Å². The summed E-state index contributed by atoms with van der Waals surface area (Å²) in [4.78, 5) is 6.27. The first-order valence-electron chi connectivity index (χ1n) is 7.41. The Kier molecular flexibility index (Phi) is 5.19. The van der Waals surface area contributed by atoms with Gasteiger partial charge >= 0.3 is 0 Å². The number of hydrogen-bond donors (Lipinski definition) is 1. The van der Waals surface area contributed by atoms with Crippen LogP contribution in [-0.4, -0.2) is 11.5 Å². The van der Waals surface area contributed by atoms with Gasteiger partial charge in [-0.1, -0.05) is 33.1 Å². The van der Waals surface area contributed by atoms with Crippen molar-refractivity contribution in [2.24, 2.45) is 5.92 Å². The van der Waals surface area contributed by atoms with Crippen LogP contribution in [0.4, 0.5) is 0 Å². The van der Waals surface area contributed by atoms with Crippen LogP contribution < -0.4 is 5.32 Å².